The number of rotatable bonds is 6. The Kier molecular flexibility index (Phi) is 4.13. The maximum absolute atomic E-state index is 12.4. The number of fused-ring (bicyclic) bond motifs is 1. The molecule has 4 nitrogen and oxygen atoms in total. The van der Waals surface area contributed by atoms with Crippen LogP contribution in [0.25, 0.3) is 0 Å². The number of hydrogen-bond donors (Lipinski definition) is 2. The minimum Gasteiger partial charge on any atom is -0.491 e. The van der Waals surface area contributed by atoms with E-state index in [9.17, 15) is 4.79 Å². The Morgan fingerprint density at radius 1 is 1.32 bits per heavy atom. The van der Waals surface area contributed by atoms with Gasteiger partial charge in [-0.25, -0.2) is 0 Å². The lowest BCUT2D eigenvalue weighted by atomic mass is 10.1. The van der Waals surface area contributed by atoms with Gasteiger partial charge in [-0.2, -0.15) is 0 Å². The molecule has 120 valence electrons. The molecule has 1 amide bonds. The average molecular weight is 302 g/mol. The molecule has 1 heterocycles. The molecule has 1 aromatic rings. The number of amides is 1. The van der Waals surface area contributed by atoms with Gasteiger partial charge in [0.25, 0.3) is 0 Å². The standard InChI is InChI=1S/C18H26N2O2/c1-4-12-7-5-6-8-15(12)22-11-18(2,3)20-17(21)16-13-9-19-10-14(13)16/h5-8,13-14,16,19H,4,9-11H2,1-3H3,(H,20,21)/t13-,14+,16+. The molecule has 22 heavy (non-hydrogen) atoms. The van der Waals surface area contributed by atoms with Crippen molar-refractivity contribution in [2.75, 3.05) is 19.7 Å². The molecule has 1 saturated heterocycles. The van der Waals surface area contributed by atoms with E-state index >= 15 is 0 Å². The molecule has 1 aliphatic carbocycles. The fraction of sp³-hybridized carbons (Fsp3) is 0.611. The summed E-state index contributed by atoms with van der Waals surface area (Å²) in [5, 5.41) is 6.49. The van der Waals surface area contributed by atoms with E-state index in [0.29, 0.717) is 18.4 Å². The number of piperidine rings is 1. The van der Waals surface area contributed by atoms with Crippen molar-refractivity contribution in [3.8, 4) is 5.75 Å². The van der Waals surface area contributed by atoms with Crippen molar-refractivity contribution < 1.29 is 9.53 Å². The highest BCUT2D eigenvalue weighted by atomic mass is 16.5. The Labute approximate surface area is 132 Å². The predicted octanol–water partition coefficient (Wildman–Crippen LogP) is 1.99. The van der Waals surface area contributed by atoms with Crippen LogP contribution in [0, 0.1) is 17.8 Å². The minimum absolute atomic E-state index is 0.189. The van der Waals surface area contributed by atoms with E-state index in [2.05, 4.69) is 23.6 Å². The number of carbonyl (C=O) groups is 1. The first-order valence-corrected chi connectivity index (χ1v) is 8.25. The molecule has 1 aromatic carbocycles. The second kappa shape index (κ2) is 5.92. The first kappa shape index (κ1) is 15.3. The summed E-state index contributed by atoms with van der Waals surface area (Å²) in [5.74, 6) is 2.42. The number of nitrogens with one attached hydrogen (secondary N) is 2. The van der Waals surface area contributed by atoms with Crippen molar-refractivity contribution in [3.05, 3.63) is 29.8 Å². The SMILES string of the molecule is CCc1ccccc1OCC(C)(C)NC(=O)[C@H]1[C@@H]2CNC[C@@H]21. The molecular weight excluding hydrogens is 276 g/mol. The highest BCUT2D eigenvalue weighted by Gasteiger charge is 2.57. The van der Waals surface area contributed by atoms with Gasteiger partial charge in [0.2, 0.25) is 5.91 Å². The lowest BCUT2D eigenvalue weighted by Crippen LogP contribution is -2.49. The third-order valence-electron chi connectivity index (χ3n) is 4.80. The first-order valence-electron chi connectivity index (χ1n) is 8.25. The maximum Gasteiger partial charge on any atom is 0.224 e. The zero-order valence-corrected chi connectivity index (χ0v) is 13.7. The second-order valence-electron chi connectivity index (χ2n) is 7.13. The number of hydrogen-bond acceptors (Lipinski definition) is 3. The summed E-state index contributed by atoms with van der Waals surface area (Å²) in [6.07, 6.45) is 0.946. The van der Waals surface area contributed by atoms with Crippen LogP contribution in [-0.2, 0) is 11.2 Å². The van der Waals surface area contributed by atoms with Crippen LogP contribution in [0.1, 0.15) is 26.3 Å². The van der Waals surface area contributed by atoms with E-state index in [4.69, 9.17) is 4.74 Å². The van der Waals surface area contributed by atoms with Gasteiger partial charge < -0.3 is 15.4 Å². The monoisotopic (exact) mass is 302 g/mol. The molecule has 2 fully saturated rings. The number of aryl methyl sites for hydroxylation is 1. The van der Waals surface area contributed by atoms with Crippen molar-refractivity contribution >= 4 is 5.91 Å². The topological polar surface area (TPSA) is 50.4 Å². The largest absolute Gasteiger partial charge is 0.491 e. The van der Waals surface area contributed by atoms with Gasteiger partial charge in [-0.15, -0.1) is 0 Å². The van der Waals surface area contributed by atoms with Crippen molar-refractivity contribution in [2.24, 2.45) is 17.8 Å². The Morgan fingerprint density at radius 2 is 2.00 bits per heavy atom. The number of carbonyl (C=O) groups excluding carboxylic acids is 1. The summed E-state index contributed by atoms with van der Waals surface area (Å²) in [6.45, 7) is 8.63. The van der Waals surface area contributed by atoms with Crippen LogP contribution in [0.4, 0.5) is 0 Å². The minimum atomic E-state index is -0.359. The van der Waals surface area contributed by atoms with E-state index in [1.54, 1.807) is 0 Å². The zero-order valence-electron chi connectivity index (χ0n) is 13.7. The number of para-hydroxylation sites is 1. The van der Waals surface area contributed by atoms with Gasteiger partial charge in [-0.05, 0) is 56.8 Å². The van der Waals surface area contributed by atoms with Gasteiger partial charge >= 0.3 is 0 Å². The molecule has 2 N–H and O–H groups in total. The molecule has 0 unspecified atom stereocenters. The molecule has 0 spiro atoms. The fourth-order valence-electron chi connectivity index (χ4n) is 3.46. The summed E-state index contributed by atoms with van der Waals surface area (Å²) < 4.78 is 5.96. The molecular formula is C18H26N2O2. The smallest absolute Gasteiger partial charge is 0.224 e. The highest BCUT2D eigenvalue weighted by Crippen LogP contribution is 2.48. The Bertz CT molecular complexity index is 546. The molecule has 4 heteroatoms. The summed E-state index contributed by atoms with van der Waals surface area (Å²) in [5.41, 5.74) is 0.842. The number of ether oxygens (including phenoxy) is 1. The molecule has 1 aliphatic heterocycles. The van der Waals surface area contributed by atoms with Gasteiger partial charge in [0.1, 0.15) is 12.4 Å². The average Bonchev–Trinajstić information content (AvgIpc) is 2.99. The molecule has 2 aliphatic rings. The molecule has 0 aromatic heterocycles. The molecule has 0 radical (unpaired) electrons. The van der Waals surface area contributed by atoms with Crippen LogP contribution < -0.4 is 15.4 Å². The lowest BCUT2D eigenvalue weighted by molar-refractivity contribution is -0.125. The zero-order chi connectivity index (χ0) is 15.7. The molecule has 1 saturated carbocycles. The van der Waals surface area contributed by atoms with E-state index in [0.717, 1.165) is 25.3 Å². The van der Waals surface area contributed by atoms with E-state index in [-0.39, 0.29) is 17.4 Å². The normalized spacial score (nSPS) is 26.4. The van der Waals surface area contributed by atoms with E-state index in [1.165, 1.54) is 5.56 Å². The predicted molar refractivity (Wildman–Crippen MR) is 86.9 cm³/mol. The highest BCUT2D eigenvalue weighted by molar-refractivity contribution is 5.83. The van der Waals surface area contributed by atoms with Gasteiger partial charge in [-0.1, -0.05) is 25.1 Å². The van der Waals surface area contributed by atoms with Crippen LogP contribution in [0.2, 0.25) is 0 Å². The lowest BCUT2D eigenvalue weighted by Gasteiger charge is -2.27. The Balaban J connectivity index is 1.53. The summed E-state index contributed by atoms with van der Waals surface area (Å²) in [6, 6.07) is 8.09. The van der Waals surface area contributed by atoms with Crippen LogP contribution in [0.5, 0.6) is 5.75 Å². The van der Waals surface area contributed by atoms with Crippen LogP contribution in [0.3, 0.4) is 0 Å². The fourth-order valence-corrected chi connectivity index (χ4v) is 3.46. The van der Waals surface area contributed by atoms with Crippen molar-refractivity contribution in [1.29, 1.82) is 0 Å². The third-order valence-corrected chi connectivity index (χ3v) is 4.80. The van der Waals surface area contributed by atoms with Crippen LogP contribution in [-0.4, -0.2) is 31.1 Å². The van der Waals surface area contributed by atoms with E-state index < -0.39 is 0 Å². The van der Waals surface area contributed by atoms with Crippen LogP contribution >= 0.6 is 0 Å². The third kappa shape index (κ3) is 3.12. The first-order chi connectivity index (χ1) is 10.5. The van der Waals surface area contributed by atoms with E-state index in [1.807, 2.05) is 32.0 Å². The van der Waals surface area contributed by atoms with Crippen molar-refractivity contribution in [2.45, 2.75) is 32.7 Å². The molecule has 3 rings (SSSR count). The van der Waals surface area contributed by atoms with Crippen LogP contribution in [0.15, 0.2) is 24.3 Å². The van der Waals surface area contributed by atoms with Gasteiger partial charge in [-0.3, -0.25) is 4.79 Å². The molecule has 0 bridgehead atoms. The van der Waals surface area contributed by atoms with Crippen molar-refractivity contribution in [3.63, 3.8) is 0 Å². The maximum atomic E-state index is 12.4. The summed E-state index contributed by atoms with van der Waals surface area (Å²) in [7, 11) is 0. The van der Waals surface area contributed by atoms with Gasteiger partial charge in [0, 0.05) is 5.92 Å². The summed E-state index contributed by atoms with van der Waals surface area (Å²) in [4.78, 5) is 12.4. The Hall–Kier alpha value is -1.55. The quantitative estimate of drug-likeness (QED) is 0.845. The second-order valence-corrected chi connectivity index (χ2v) is 7.13. The summed E-state index contributed by atoms with van der Waals surface area (Å²) >= 11 is 0. The van der Waals surface area contributed by atoms with Gasteiger partial charge in [0.15, 0.2) is 0 Å². The van der Waals surface area contributed by atoms with Gasteiger partial charge in [0.05, 0.1) is 5.54 Å². The van der Waals surface area contributed by atoms with Crippen molar-refractivity contribution in [1.82, 2.24) is 10.6 Å². The Morgan fingerprint density at radius 3 is 2.68 bits per heavy atom. The number of benzene rings is 1. The molecule has 3 atom stereocenters.